The molecule has 4 heteroatoms. The van der Waals surface area contributed by atoms with Gasteiger partial charge in [0, 0.05) is 13.3 Å². The third-order valence-electron chi connectivity index (χ3n) is 1.92. The molecule has 0 N–H and O–H groups in total. The van der Waals surface area contributed by atoms with Gasteiger partial charge in [0.05, 0.1) is 6.61 Å². The molecule has 0 aliphatic carbocycles. The van der Waals surface area contributed by atoms with Crippen LogP contribution in [0, 0.1) is 0 Å². The van der Waals surface area contributed by atoms with E-state index in [1.165, 1.54) is 6.92 Å². The Morgan fingerprint density at radius 1 is 1.47 bits per heavy atom. The van der Waals surface area contributed by atoms with Gasteiger partial charge in [-0.1, -0.05) is 0 Å². The van der Waals surface area contributed by atoms with E-state index in [4.69, 9.17) is 9.15 Å². The zero-order chi connectivity index (χ0) is 11.1. The van der Waals surface area contributed by atoms with Crippen LogP contribution in [0.4, 0.5) is 0 Å². The first kappa shape index (κ1) is 11.5. The van der Waals surface area contributed by atoms with Crippen molar-refractivity contribution in [1.82, 2.24) is 0 Å². The first-order valence-corrected chi connectivity index (χ1v) is 4.89. The molecule has 0 unspecified atom stereocenters. The summed E-state index contributed by atoms with van der Waals surface area (Å²) in [5.74, 6) is 0.890. The van der Waals surface area contributed by atoms with Crippen molar-refractivity contribution in [1.29, 1.82) is 0 Å². The Hall–Kier alpha value is -1.58. The molecule has 1 aromatic heterocycles. The maximum atomic E-state index is 10.4. The Kier molecular flexibility index (Phi) is 4.60. The highest BCUT2D eigenvalue weighted by Crippen LogP contribution is 2.09. The van der Waals surface area contributed by atoms with Crippen molar-refractivity contribution in [2.75, 3.05) is 6.61 Å². The van der Waals surface area contributed by atoms with Gasteiger partial charge in [-0.25, -0.2) is 0 Å². The number of ether oxygens (including phenoxy) is 1. The molecule has 0 radical (unpaired) electrons. The Morgan fingerprint density at radius 2 is 2.27 bits per heavy atom. The third kappa shape index (κ3) is 4.44. The van der Waals surface area contributed by atoms with E-state index in [0.29, 0.717) is 18.7 Å². The van der Waals surface area contributed by atoms with Gasteiger partial charge >= 0.3 is 5.97 Å². The normalized spacial score (nSPS) is 9.93. The molecule has 1 rings (SSSR count). The minimum atomic E-state index is -0.253. The number of esters is 1. The van der Waals surface area contributed by atoms with Crippen LogP contribution in [0.15, 0.2) is 16.5 Å². The topological polar surface area (TPSA) is 56.5 Å². The third-order valence-corrected chi connectivity index (χ3v) is 1.92. The van der Waals surface area contributed by atoms with Crippen LogP contribution in [0.2, 0.25) is 0 Å². The molecule has 1 heterocycles. The molecule has 15 heavy (non-hydrogen) atoms. The van der Waals surface area contributed by atoms with E-state index in [9.17, 15) is 9.59 Å². The largest absolute Gasteiger partial charge is 0.466 e. The quantitative estimate of drug-likeness (QED) is 0.409. The molecule has 0 saturated heterocycles. The Labute approximate surface area is 88.2 Å². The van der Waals surface area contributed by atoms with E-state index in [1.807, 2.05) is 0 Å². The molecule has 0 amide bonds. The van der Waals surface area contributed by atoms with Crippen molar-refractivity contribution in [2.45, 2.75) is 26.2 Å². The molecule has 0 atom stereocenters. The van der Waals surface area contributed by atoms with Crippen molar-refractivity contribution in [3.8, 4) is 0 Å². The number of carbonyl (C=O) groups excluding carboxylic acids is 2. The van der Waals surface area contributed by atoms with Gasteiger partial charge < -0.3 is 9.15 Å². The first-order chi connectivity index (χ1) is 7.22. The van der Waals surface area contributed by atoms with Crippen LogP contribution in [0.5, 0.6) is 0 Å². The van der Waals surface area contributed by atoms with Crippen LogP contribution < -0.4 is 0 Å². The number of unbranched alkanes of at least 4 members (excludes halogenated alkanes) is 1. The van der Waals surface area contributed by atoms with Gasteiger partial charge in [-0.2, -0.15) is 0 Å². The summed E-state index contributed by atoms with van der Waals surface area (Å²) in [6, 6.07) is 3.43. The fourth-order valence-electron chi connectivity index (χ4n) is 1.21. The zero-order valence-electron chi connectivity index (χ0n) is 8.69. The predicted molar refractivity (Wildman–Crippen MR) is 53.7 cm³/mol. The van der Waals surface area contributed by atoms with Crippen molar-refractivity contribution >= 4 is 12.3 Å². The summed E-state index contributed by atoms with van der Waals surface area (Å²) in [6.07, 6.45) is 3.12. The standard InChI is InChI=1S/C11H14O4/c1-9(13)14-7-3-2-4-10-5-6-11(8-12)15-10/h5-6,8H,2-4,7H2,1H3. The number of aldehydes is 1. The maximum absolute atomic E-state index is 10.4. The van der Waals surface area contributed by atoms with E-state index in [-0.39, 0.29) is 5.97 Å². The number of furan rings is 1. The molecule has 82 valence electrons. The highest BCUT2D eigenvalue weighted by Gasteiger charge is 2.00. The van der Waals surface area contributed by atoms with Crippen LogP contribution in [0.1, 0.15) is 36.1 Å². The van der Waals surface area contributed by atoms with Crippen LogP contribution in [0.3, 0.4) is 0 Å². The monoisotopic (exact) mass is 210 g/mol. The van der Waals surface area contributed by atoms with Crippen LogP contribution in [-0.4, -0.2) is 18.9 Å². The van der Waals surface area contributed by atoms with Crippen LogP contribution in [0.25, 0.3) is 0 Å². The molecule has 0 spiro atoms. The summed E-state index contributed by atoms with van der Waals surface area (Å²) in [5, 5.41) is 0. The van der Waals surface area contributed by atoms with Crippen LogP contribution >= 0.6 is 0 Å². The highest BCUT2D eigenvalue weighted by molar-refractivity contribution is 5.70. The molecule has 0 bridgehead atoms. The molecular formula is C11H14O4. The second-order valence-corrected chi connectivity index (χ2v) is 3.22. The number of hydrogen-bond acceptors (Lipinski definition) is 4. The lowest BCUT2D eigenvalue weighted by Crippen LogP contribution is -2.00. The lowest BCUT2D eigenvalue weighted by molar-refractivity contribution is -0.141. The molecule has 0 aliphatic rings. The average Bonchev–Trinajstić information content (AvgIpc) is 2.65. The van der Waals surface area contributed by atoms with E-state index < -0.39 is 0 Å². The van der Waals surface area contributed by atoms with Gasteiger partial charge in [0.15, 0.2) is 12.0 Å². The summed E-state index contributed by atoms with van der Waals surface area (Å²) < 4.78 is 9.97. The molecule has 0 saturated carbocycles. The molecule has 1 aromatic rings. The van der Waals surface area contributed by atoms with E-state index in [1.54, 1.807) is 12.1 Å². The summed E-state index contributed by atoms with van der Waals surface area (Å²) >= 11 is 0. The second-order valence-electron chi connectivity index (χ2n) is 3.22. The van der Waals surface area contributed by atoms with Crippen molar-refractivity contribution in [3.05, 3.63) is 23.7 Å². The fourth-order valence-corrected chi connectivity index (χ4v) is 1.21. The van der Waals surface area contributed by atoms with Crippen molar-refractivity contribution in [3.63, 3.8) is 0 Å². The lowest BCUT2D eigenvalue weighted by atomic mass is 10.2. The van der Waals surface area contributed by atoms with Crippen molar-refractivity contribution < 1.29 is 18.7 Å². The number of aryl methyl sites for hydroxylation is 1. The van der Waals surface area contributed by atoms with Gasteiger partial charge in [-0.05, 0) is 25.0 Å². The second kappa shape index (κ2) is 6.01. The van der Waals surface area contributed by atoms with Gasteiger partial charge in [0.1, 0.15) is 5.76 Å². The van der Waals surface area contributed by atoms with E-state index in [0.717, 1.165) is 25.0 Å². The van der Waals surface area contributed by atoms with Gasteiger partial charge in [-0.3, -0.25) is 9.59 Å². The van der Waals surface area contributed by atoms with Crippen LogP contribution in [-0.2, 0) is 16.0 Å². The SMILES string of the molecule is CC(=O)OCCCCc1ccc(C=O)o1. The Morgan fingerprint density at radius 3 is 2.87 bits per heavy atom. The summed E-state index contributed by atoms with van der Waals surface area (Å²) in [6.45, 7) is 1.83. The van der Waals surface area contributed by atoms with Gasteiger partial charge in [0.25, 0.3) is 0 Å². The predicted octanol–water partition coefficient (Wildman–Crippen LogP) is 1.98. The molecule has 4 nitrogen and oxygen atoms in total. The molecule has 0 fully saturated rings. The number of carbonyl (C=O) groups is 2. The summed E-state index contributed by atoms with van der Waals surface area (Å²) in [4.78, 5) is 20.8. The number of rotatable bonds is 6. The van der Waals surface area contributed by atoms with E-state index in [2.05, 4.69) is 0 Å². The lowest BCUT2D eigenvalue weighted by Gasteiger charge is -2.00. The fraction of sp³-hybridized carbons (Fsp3) is 0.455. The molecule has 0 aromatic carbocycles. The average molecular weight is 210 g/mol. The smallest absolute Gasteiger partial charge is 0.302 e. The molecular weight excluding hydrogens is 196 g/mol. The molecule has 0 aliphatic heterocycles. The highest BCUT2D eigenvalue weighted by atomic mass is 16.5. The van der Waals surface area contributed by atoms with Gasteiger partial charge in [0.2, 0.25) is 0 Å². The minimum absolute atomic E-state index is 0.253. The number of hydrogen-bond donors (Lipinski definition) is 0. The Balaban J connectivity index is 2.14. The van der Waals surface area contributed by atoms with E-state index >= 15 is 0 Å². The Bertz CT molecular complexity index is 327. The van der Waals surface area contributed by atoms with Crippen molar-refractivity contribution in [2.24, 2.45) is 0 Å². The van der Waals surface area contributed by atoms with Gasteiger partial charge in [-0.15, -0.1) is 0 Å². The minimum Gasteiger partial charge on any atom is -0.466 e. The summed E-state index contributed by atoms with van der Waals surface area (Å²) in [7, 11) is 0. The summed E-state index contributed by atoms with van der Waals surface area (Å²) in [5.41, 5.74) is 0. The first-order valence-electron chi connectivity index (χ1n) is 4.89. The maximum Gasteiger partial charge on any atom is 0.302 e. The zero-order valence-corrected chi connectivity index (χ0v) is 8.69.